The molecule has 2 heteroatoms. The maximum Gasteiger partial charge on any atom is 0.0550 e. The Hall–Kier alpha value is -0.340. The van der Waals surface area contributed by atoms with Gasteiger partial charge in [-0.2, -0.15) is 0 Å². The Labute approximate surface area is 89.7 Å². The average molecular weight is 210 g/mol. The zero-order chi connectivity index (χ0) is 9.68. The van der Waals surface area contributed by atoms with E-state index in [9.17, 15) is 0 Å². The van der Waals surface area contributed by atoms with E-state index in [-0.39, 0.29) is 0 Å². The van der Waals surface area contributed by atoms with Crippen LogP contribution in [0.25, 0.3) is 0 Å². The number of hydrogen-bond donors (Lipinski definition) is 0. The van der Waals surface area contributed by atoms with Gasteiger partial charge >= 0.3 is 0 Å². The molecule has 0 aliphatic heterocycles. The second-order valence-corrected chi connectivity index (χ2v) is 4.44. The van der Waals surface area contributed by atoms with E-state index in [0.29, 0.717) is 5.92 Å². The molecule has 0 amide bonds. The van der Waals surface area contributed by atoms with Gasteiger partial charge in [-0.05, 0) is 18.2 Å². The van der Waals surface area contributed by atoms with Crippen LogP contribution in [0.5, 0.6) is 0 Å². The lowest BCUT2D eigenvalue weighted by molar-refractivity contribution is 0.863. The fourth-order valence-corrected chi connectivity index (χ4v) is 2.26. The van der Waals surface area contributed by atoms with Crippen LogP contribution in [0.3, 0.4) is 0 Å². The smallest absolute Gasteiger partial charge is 0.0550 e. The van der Waals surface area contributed by atoms with Gasteiger partial charge in [0.15, 0.2) is 0 Å². The van der Waals surface area contributed by atoms with Crippen LogP contribution in [0.4, 0.5) is 0 Å². The lowest BCUT2D eigenvalue weighted by Crippen LogP contribution is -2.05. The van der Waals surface area contributed by atoms with Gasteiger partial charge in [0, 0.05) is 5.92 Å². The quantitative estimate of drug-likeness (QED) is 0.695. The number of rotatable bonds is 3. The fourth-order valence-electron chi connectivity index (χ4n) is 1.37. The molecule has 0 N–H and O–H groups in total. The van der Waals surface area contributed by atoms with E-state index >= 15 is 0 Å². The van der Waals surface area contributed by atoms with Crippen LogP contribution < -0.4 is 0 Å². The summed E-state index contributed by atoms with van der Waals surface area (Å²) in [6.45, 7) is 2.18. The zero-order valence-electron chi connectivity index (χ0n) is 7.99. The summed E-state index contributed by atoms with van der Waals surface area (Å²) in [7, 11) is 0. The topological polar surface area (TPSA) is 0 Å². The summed E-state index contributed by atoms with van der Waals surface area (Å²) in [4.78, 5) is 0. The van der Waals surface area contributed by atoms with Gasteiger partial charge in [-0.15, -0.1) is 11.8 Å². The molecule has 70 valence electrons. The van der Waals surface area contributed by atoms with Crippen molar-refractivity contribution in [2.24, 2.45) is 0 Å². The second-order valence-electron chi connectivity index (χ2n) is 2.89. The van der Waals surface area contributed by atoms with Gasteiger partial charge in [0.05, 0.1) is 4.20 Å². The molecular weight excluding hydrogens is 196 g/mol. The second kappa shape index (κ2) is 5.40. The van der Waals surface area contributed by atoms with Crippen LogP contribution >= 0.6 is 24.0 Å². The highest BCUT2D eigenvalue weighted by Crippen LogP contribution is 2.25. The van der Waals surface area contributed by atoms with Crippen LogP contribution in [-0.2, 0) is 0 Å². The molecule has 0 fully saturated rings. The minimum absolute atomic E-state index is 0.436. The third kappa shape index (κ3) is 2.82. The molecule has 0 aliphatic carbocycles. The summed E-state index contributed by atoms with van der Waals surface area (Å²) in [6.07, 6.45) is 3.14. The van der Waals surface area contributed by atoms with Gasteiger partial charge in [0.1, 0.15) is 0 Å². The van der Waals surface area contributed by atoms with Crippen molar-refractivity contribution in [1.29, 1.82) is 0 Å². The third-order valence-electron chi connectivity index (χ3n) is 2.10. The Balaban J connectivity index is 2.85. The molecule has 0 nitrogen and oxygen atoms in total. The van der Waals surface area contributed by atoms with E-state index in [4.69, 9.17) is 12.2 Å². The van der Waals surface area contributed by atoms with Crippen molar-refractivity contribution in [3.8, 4) is 0 Å². The highest BCUT2D eigenvalue weighted by atomic mass is 32.2. The molecule has 1 atom stereocenters. The summed E-state index contributed by atoms with van der Waals surface area (Å²) in [5, 5.41) is 0. The van der Waals surface area contributed by atoms with Gasteiger partial charge in [-0.1, -0.05) is 49.5 Å². The minimum atomic E-state index is 0.436. The predicted octanol–water partition coefficient (Wildman–Crippen LogP) is 3.87. The Morgan fingerprint density at radius 3 is 2.46 bits per heavy atom. The van der Waals surface area contributed by atoms with Gasteiger partial charge in [-0.25, -0.2) is 0 Å². The number of thioether (sulfide) groups is 1. The Morgan fingerprint density at radius 2 is 2.00 bits per heavy atom. The Bertz CT molecular complexity index is 267. The molecule has 1 rings (SSSR count). The van der Waals surface area contributed by atoms with Gasteiger partial charge in [0.2, 0.25) is 0 Å². The molecule has 1 aromatic rings. The molecule has 0 saturated heterocycles. The van der Waals surface area contributed by atoms with Gasteiger partial charge in [0.25, 0.3) is 0 Å². The summed E-state index contributed by atoms with van der Waals surface area (Å²) < 4.78 is 1.09. The van der Waals surface area contributed by atoms with Crippen molar-refractivity contribution in [3.63, 3.8) is 0 Å². The monoisotopic (exact) mass is 210 g/mol. The van der Waals surface area contributed by atoms with E-state index in [1.165, 1.54) is 5.56 Å². The normalized spacial score (nSPS) is 12.5. The fraction of sp³-hybridized carbons (Fsp3) is 0.364. The summed E-state index contributed by atoms with van der Waals surface area (Å²) in [6, 6.07) is 10.5. The molecule has 0 heterocycles. The van der Waals surface area contributed by atoms with Crippen molar-refractivity contribution in [1.82, 2.24) is 0 Å². The van der Waals surface area contributed by atoms with Crippen LogP contribution in [0.2, 0.25) is 0 Å². The first-order chi connectivity index (χ1) is 6.29. The maximum absolute atomic E-state index is 5.32. The van der Waals surface area contributed by atoms with Crippen molar-refractivity contribution in [3.05, 3.63) is 35.9 Å². The molecule has 13 heavy (non-hydrogen) atoms. The first kappa shape index (κ1) is 10.7. The summed E-state index contributed by atoms with van der Waals surface area (Å²) in [5.74, 6) is 0.436. The van der Waals surface area contributed by atoms with Gasteiger partial charge < -0.3 is 0 Å². The standard InChI is InChI=1S/C11H14S2/c1-3-10(11(12)13-2)9-7-5-4-6-8-9/h4-8,10H,3H2,1-2H3. The highest BCUT2D eigenvalue weighted by Gasteiger charge is 2.12. The molecule has 0 spiro atoms. The Morgan fingerprint density at radius 1 is 1.38 bits per heavy atom. The lowest BCUT2D eigenvalue weighted by atomic mass is 9.99. The molecule has 1 aromatic carbocycles. The number of thiocarbonyl (C=S) groups is 1. The van der Waals surface area contributed by atoms with E-state index in [1.807, 2.05) is 12.3 Å². The maximum atomic E-state index is 5.32. The van der Waals surface area contributed by atoms with E-state index < -0.39 is 0 Å². The predicted molar refractivity (Wildman–Crippen MR) is 65.6 cm³/mol. The SMILES string of the molecule is CCC(C(=S)SC)c1ccccc1. The summed E-state index contributed by atoms with van der Waals surface area (Å²) in [5.41, 5.74) is 1.34. The first-order valence-electron chi connectivity index (χ1n) is 4.42. The lowest BCUT2D eigenvalue weighted by Gasteiger charge is -2.14. The third-order valence-corrected chi connectivity index (χ3v) is 3.57. The van der Waals surface area contributed by atoms with Crippen LogP contribution in [0.15, 0.2) is 30.3 Å². The summed E-state index contributed by atoms with van der Waals surface area (Å²) >= 11 is 7.00. The van der Waals surface area contributed by atoms with E-state index in [0.717, 1.165) is 10.6 Å². The van der Waals surface area contributed by atoms with Crippen molar-refractivity contribution < 1.29 is 0 Å². The molecule has 0 bridgehead atoms. The largest absolute Gasteiger partial charge is 0.122 e. The number of benzene rings is 1. The minimum Gasteiger partial charge on any atom is -0.122 e. The highest BCUT2D eigenvalue weighted by molar-refractivity contribution is 8.22. The molecule has 0 saturated carbocycles. The van der Waals surface area contributed by atoms with E-state index in [1.54, 1.807) is 11.8 Å². The first-order valence-corrected chi connectivity index (χ1v) is 6.05. The van der Waals surface area contributed by atoms with Gasteiger partial charge in [-0.3, -0.25) is 0 Å². The van der Waals surface area contributed by atoms with Crippen LogP contribution in [-0.4, -0.2) is 10.5 Å². The van der Waals surface area contributed by atoms with Crippen molar-refractivity contribution in [2.75, 3.05) is 6.26 Å². The zero-order valence-corrected chi connectivity index (χ0v) is 9.62. The van der Waals surface area contributed by atoms with Crippen LogP contribution in [0.1, 0.15) is 24.8 Å². The molecule has 0 radical (unpaired) electrons. The van der Waals surface area contributed by atoms with Crippen molar-refractivity contribution in [2.45, 2.75) is 19.3 Å². The molecule has 1 unspecified atom stereocenters. The van der Waals surface area contributed by atoms with Crippen LogP contribution in [0, 0.1) is 0 Å². The Kier molecular flexibility index (Phi) is 4.46. The molecule has 0 aromatic heterocycles. The average Bonchev–Trinajstić information content (AvgIpc) is 2.20. The molecular formula is C11H14S2. The van der Waals surface area contributed by atoms with E-state index in [2.05, 4.69) is 31.2 Å². The number of hydrogen-bond acceptors (Lipinski definition) is 2. The van der Waals surface area contributed by atoms with Crippen molar-refractivity contribution >= 4 is 28.2 Å². The molecule has 0 aliphatic rings.